The number of rotatable bonds is 6. The topological polar surface area (TPSA) is 115 Å². The molecule has 5 rings (SSSR count). The first-order valence-electron chi connectivity index (χ1n) is 10.8. The van der Waals surface area contributed by atoms with Crippen LogP contribution in [0, 0.1) is 6.92 Å². The number of imidazole rings is 1. The standard InChI is InChI=1S/C22H25N7O2S/c1-14-5-6-18(32-14)16-12-19(23-7-4-10-28-8-2-3-9-28)29-20(25-16)15(13-24-29)11-17-21(30)27-22(31)26-17/h5-6,11-13,30H,2-4,7-10H2,1H3,(H2,26,27,31)/b15-11-,23-19?. The van der Waals surface area contributed by atoms with Crippen LogP contribution in [0.3, 0.4) is 0 Å². The smallest absolute Gasteiger partial charge is 0.326 e. The number of hydrogen-bond acceptors (Lipinski definition) is 7. The van der Waals surface area contributed by atoms with Gasteiger partial charge in [-0.1, -0.05) is 0 Å². The Hall–Kier alpha value is -3.24. The molecule has 0 radical (unpaired) electrons. The van der Waals surface area contributed by atoms with Crippen molar-refractivity contribution in [3.05, 3.63) is 56.2 Å². The van der Waals surface area contributed by atoms with Crippen LogP contribution in [0.5, 0.6) is 5.88 Å². The van der Waals surface area contributed by atoms with E-state index in [0.29, 0.717) is 17.4 Å². The molecular weight excluding hydrogens is 426 g/mol. The number of fused-ring (bicyclic) bond motifs is 1. The van der Waals surface area contributed by atoms with E-state index in [-0.39, 0.29) is 11.6 Å². The number of likely N-dealkylation sites (tertiary alicyclic amines) is 1. The van der Waals surface area contributed by atoms with Crippen LogP contribution in [0.15, 0.2) is 34.2 Å². The number of aryl methyl sites for hydroxylation is 1. The number of aromatic hydroxyl groups is 1. The third kappa shape index (κ3) is 4.23. The van der Waals surface area contributed by atoms with Gasteiger partial charge in [0.05, 0.1) is 16.8 Å². The van der Waals surface area contributed by atoms with Crippen molar-refractivity contribution in [2.45, 2.75) is 26.2 Å². The molecule has 166 valence electrons. The van der Waals surface area contributed by atoms with Gasteiger partial charge in [0, 0.05) is 22.7 Å². The second kappa shape index (κ2) is 8.71. The third-order valence-corrected chi connectivity index (χ3v) is 6.64. The van der Waals surface area contributed by atoms with Crippen LogP contribution in [0.2, 0.25) is 0 Å². The first-order valence-corrected chi connectivity index (χ1v) is 11.6. The summed E-state index contributed by atoms with van der Waals surface area (Å²) in [4.78, 5) is 30.8. The lowest BCUT2D eigenvalue weighted by atomic mass is 10.3. The lowest BCUT2D eigenvalue weighted by Gasteiger charge is -2.12. The fourth-order valence-corrected chi connectivity index (χ4v) is 4.85. The van der Waals surface area contributed by atoms with Crippen LogP contribution in [-0.2, 0) is 0 Å². The Morgan fingerprint density at radius 3 is 2.84 bits per heavy atom. The molecule has 1 aliphatic heterocycles. The van der Waals surface area contributed by atoms with E-state index in [1.54, 1.807) is 28.1 Å². The van der Waals surface area contributed by atoms with Crippen molar-refractivity contribution in [3.8, 4) is 16.5 Å². The molecule has 1 aliphatic rings. The van der Waals surface area contributed by atoms with Gasteiger partial charge in [0.1, 0.15) is 5.69 Å². The first-order chi connectivity index (χ1) is 15.6. The highest BCUT2D eigenvalue weighted by Crippen LogP contribution is 2.25. The van der Waals surface area contributed by atoms with Gasteiger partial charge < -0.3 is 15.0 Å². The Kier molecular flexibility index (Phi) is 5.62. The van der Waals surface area contributed by atoms with Crippen molar-refractivity contribution in [1.82, 2.24) is 29.5 Å². The van der Waals surface area contributed by atoms with Crippen LogP contribution in [0.1, 0.15) is 29.8 Å². The van der Waals surface area contributed by atoms with Crippen molar-refractivity contribution in [3.63, 3.8) is 0 Å². The van der Waals surface area contributed by atoms with E-state index in [9.17, 15) is 9.90 Å². The molecule has 3 N–H and O–H groups in total. The molecule has 1 saturated heterocycles. The zero-order valence-electron chi connectivity index (χ0n) is 17.8. The normalized spacial score (nSPS) is 16.0. The summed E-state index contributed by atoms with van der Waals surface area (Å²) in [6.45, 7) is 6.22. The fourth-order valence-electron chi connectivity index (χ4n) is 4.02. The van der Waals surface area contributed by atoms with Gasteiger partial charge in [0.2, 0.25) is 5.88 Å². The highest BCUT2D eigenvalue weighted by molar-refractivity contribution is 7.15. The van der Waals surface area contributed by atoms with E-state index >= 15 is 0 Å². The monoisotopic (exact) mass is 451 g/mol. The Bertz CT molecular complexity index is 1420. The highest BCUT2D eigenvalue weighted by atomic mass is 32.1. The number of aromatic amines is 2. The molecule has 0 bridgehead atoms. The van der Waals surface area contributed by atoms with Gasteiger partial charge in [0.25, 0.3) is 0 Å². The molecule has 5 heterocycles. The summed E-state index contributed by atoms with van der Waals surface area (Å²) in [6.07, 6.45) is 6.90. The molecule has 1 fully saturated rings. The van der Waals surface area contributed by atoms with Crippen LogP contribution < -0.4 is 16.4 Å². The average molecular weight is 452 g/mol. The third-order valence-electron chi connectivity index (χ3n) is 5.61. The van der Waals surface area contributed by atoms with Gasteiger partial charge in [-0.05, 0) is 64.0 Å². The molecule has 0 saturated carbocycles. The minimum atomic E-state index is -0.471. The van der Waals surface area contributed by atoms with E-state index in [4.69, 9.17) is 9.98 Å². The molecule has 32 heavy (non-hydrogen) atoms. The molecule has 4 aromatic rings. The Balaban J connectivity index is 1.57. The largest absolute Gasteiger partial charge is 0.493 e. The summed E-state index contributed by atoms with van der Waals surface area (Å²) in [5.41, 5.74) is 2.00. The molecule has 0 spiro atoms. The Labute approximate surface area is 187 Å². The predicted octanol–water partition coefficient (Wildman–Crippen LogP) is 1.42. The Morgan fingerprint density at radius 2 is 2.12 bits per heavy atom. The molecule has 9 nitrogen and oxygen atoms in total. The highest BCUT2D eigenvalue weighted by Gasteiger charge is 2.12. The summed E-state index contributed by atoms with van der Waals surface area (Å²) in [6, 6.07) is 6.11. The molecule has 10 heteroatoms. The fraction of sp³-hybridized carbons (Fsp3) is 0.364. The van der Waals surface area contributed by atoms with E-state index in [0.717, 1.165) is 29.0 Å². The number of nitrogens with zero attached hydrogens (tertiary/aromatic N) is 5. The van der Waals surface area contributed by atoms with Gasteiger partial charge in [-0.2, -0.15) is 9.61 Å². The quantitative estimate of drug-likeness (QED) is 0.384. The van der Waals surface area contributed by atoms with Crippen molar-refractivity contribution >= 4 is 23.1 Å². The van der Waals surface area contributed by atoms with E-state index in [1.807, 2.05) is 6.07 Å². The molecule has 0 amide bonds. The minimum absolute atomic E-state index is 0.216. The second-order valence-electron chi connectivity index (χ2n) is 8.01. The van der Waals surface area contributed by atoms with Crippen LogP contribution >= 0.6 is 11.3 Å². The number of thiophene rings is 1. The zero-order valence-corrected chi connectivity index (χ0v) is 18.7. The van der Waals surface area contributed by atoms with Gasteiger partial charge >= 0.3 is 5.69 Å². The van der Waals surface area contributed by atoms with Crippen molar-refractivity contribution in [2.24, 2.45) is 4.99 Å². The van der Waals surface area contributed by atoms with Crippen LogP contribution in [-0.4, -0.2) is 60.8 Å². The summed E-state index contributed by atoms with van der Waals surface area (Å²) < 4.78 is 1.72. The zero-order chi connectivity index (χ0) is 22.1. The van der Waals surface area contributed by atoms with Crippen LogP contribution in [0.25, 0.3) is 22.3 Å². The number of aromatic nitrogens is 5. The molecule has 4 aromatic heterocycles. The summed E-state index contributed by atoms with van der Waals surface area (Å²) in [7, 11) is 0. The van der Waals surface area contributed by atoms with Crippen LogP contribution in [0.4, 0.5) is 0 Å². The lowest BCUT2D eigenvalue weighted by Crippen LogP contribution is -2.22. The van der Waals surface area contributed by atoms with Crippen molar-refractivity contribution < 1.29 is 5.11 Å². The number of hydrogen-bond donors (Lipinski definition) is 3. The van der Waals surface area contributed by atoms with Gasteiger partial charge in [0.15, 0.2) is 11.1 Å². The molecular formula is C22H25N7O2S. The Morgan fingerprint density at radius 1 is 1.28 bits per heavy atom. The maximum absolute atomic E-state index is 11.5. The molecule has 0 unspecified atom stereocenters. The van der Waals surface area contributed by atoms with Gasteiger partial charge in [-0.15, -0.1) is 11.3 Å². The number of H-pyrrole nitrogens is 2. The van der Waals surface area contributed by atoms with E-state index in [2.05, 4.69) is 39.0 Å². The average Bonchev–Trinajstić information content (AvgIpc) is 3.55. The predicted molar refractivity (Wildman–Crippen MR) is 124 cm³/mol. The second-order valence-corrected chi connectivity index (χ2v) is 9.30. The summed E-state index contributed by atoms with van der Waals surface area (Å²) in [5, 5.41) is 15.1. The minimum Gasteiger partial charge on any atom is -0.493 e. The maximum atomic E-state index is 11.5. The molecule has 0 aromatic carbocycles. The van der Waals surface area contributed by atoms with E-state index in [1.165, 1.54) is 30.8 Å². The van der Waals surface area contributed by atoms with Gasteiger partial charge in [-0.3, -0.25) is 9.98 Å². The van der Waals surface area contributed by atoms with Crippen molar-refractivity contribution in [1.29, 1.82) is 0 Å². The molecule has 0 aliphatic carbocycles. The number of nitrogens with one attached hydrogen (secondary N) is 2. The summed E-state index contributed by atoms with van der Waals surface area (Å²) in [5.74, 6) is -0.216. The SMILES string of the molecule is Cc1ccc(-c2cc(=NCCCN3CCCC3)n3nc/c(=C/c4[nH]c(=O)[nH]c4O)c3n2)s1. The maximum Gasteiger partial charge on any atom is 0.326 e. The molecule has 0 atom stereocenters. The van der Waals surface area contributed by atoms with E-state index < -0.39 is 5.69 Å². The lowest BCUT2D eigenvalue weighted by molar-refractivity contribution is 0.335. The first kappa shape index (κ1) is 20.7. The summed E-state index contributed by atoms with van der Waals surface area (Å²) >= 11 is 1.68. The van der Waals surface area contributed by atoms with Crippen molar-refractivity contribution in [2.75, 3.05) is 26.2 Å². The van der Waals surface area contributed by atoms with Gasteiger partial charge in [-0.25, -0.2) is 9.78 Å².